The molecule has 0 fully saturated rings. The van der Waals surface area contributed by atoms with E-state index in [4.69, 9.17) is 4.11 Å². The molecule has 0 aliphatic rings. The van der Waals surface area contributed by atoms with Crippen LogP contribution in [0.15, 0.2) is 66.9 Å². The maximum absolute atomic E-state index is 7.85. The van der Waals surface area contributed by atoms with Gasteiger partial charge >= 0.3 is 0 Å². The van der Waals surface area contributed by atoms with Crippen molar-refractivity contribution in [1.29, 1.82) is 0 Å². The number of aryl methyl sites for hydroxylation is 2. The molecule has 0 unspecified atom stereocenters. The van der Waals surface area contributed by atoms with E-state index in [2.05, 4.69) is 4.98 Å². The first-order valence-electron chi connectivity index (χ1n) is 8.09. The minimum Gasteiger partial charge on any atom is -0.256 e. The predicted octanol–water partition coefficient (Wildman–Crippen LogP) is 5.03. The molecule has 1 aromatic heterocycles. The van der Waals surface area contributed by atoms with Crippen LogP contribution >= 0.6 is 0 Å². The zero-order chi connectivity index (χ0) is 16.4. The van der Waals surface area contributed by atoms with Gasteiger partial charge in [0.2, 0.25) is 0 Å². The quantitative estimate of drug-likeness (QED) is 0.631. The highest BCUT2D eigenvalue weighted by Crippen LogP contribution is 2.31. The van der Waals surface area contributed by atoms with Crippen molar-refractivity contribution in [3.05, 3.63) is 78.0 Å². The Morgan fingerprint density at radius 3 is 2.35 bits per heavy atom. The van der Waals surface area contributed by atoms with Gasteiger partial charge in [-0.2, -0.15) is 0 Å². The van der Waals surface area contributed by atoms with Crippen molar-refractivity contribution < 1.29 is 4.11 Å². The Morgan fingerprint density at radius 1 is 0.850 bits per heavy atom. The summed E-state index contributed by atoms with van der Waals surface area (Å²) >= 11 is 0. The second-order valence-corrected chi connectivity index (χ2v) is 4.79. The Bertz CT molecular complexity index is 809. The number of hydrogen-bond acceptors (Lipinski definition) is 1. The van der Waals surface area contributed by atoms with Crippen LogP contribution in [-0.2, 0) is 0 Å². The first kappa shape index (κ1) is 9.49. The largest absolute Gasteiger partial charge is 0.256 e. The number of rotatable bonds is 2. The monoisotopic (exact) mass is 262 g/mol. The molecule has 0 atom stereocenters. The Balaban J connectivity index is 2.27. The summed E-state index contributed by atoms with van der Waals surface area (Å²) in [7, 11) is 0. The van der Waals surface area contributed by atoms with Gasteiger partial charge in [0.25, 0.3) is 0 Å². The van der Waals surface area contributed by atoms with E-state index in [1.54, 1.807) is 12.3 Å². The van der Waals surface area contributed by atoms with E-state index in [1.807, 2.05) is 61.5 Å². The fourth-order valence-electron chi connectivity index (χ4n) is 2.36. The zero-order valence-electron chi connectivity index (χ0n) is 14.3. The average molecular weight is 262 g/mol. The second kappa shape index (κ2) is 5.30. The van der Waals surface area contributed by atoms with Gasteiger partial charge in [-0.1, -0.05) is 42.5 Å². The highest BCUT2D eigenvalue weighted by molar-refractivity contribution is 5.76. The second-order valence-electron chi connectivity index (χ2n) is 4.79. The van der Waals surface area contributed by atoms with Gasteiger partial charge in [0.05, 0.1) is 5.69 Å². The van der Waals surface area contributed by atoms with Gasteiger partial charge < -0.3 is 0 Å². The lowest BCUT2D eigenvalue weighted by Gasteiger charge is -2.12. The molecule has 0 aliphatic carbocycles. The van der Waals surface area contributed by atoms with Crippen molar-refractivity contribution in [3.8, 4) is 22.4 Å². The van der Waals surface area contributed by atoms with Gasteiger partial charge in [0.15, 0.2) is 0 Å². The minimum atomic E-state index is -2.15. The van der Waals surface area contributed by atoms with Gasteiger partial charge in [-0.15, -0.1) is 0 Å². The summed E-state index contributed by atoms with van der Waals surface area (Å²) in [4.78, 5) is 4.40. The van der Waals surface area contributed by atoms with E-state index in [1.165, 1.54) is 0 Å². The molecule has 3 rings (SSSR count). The zero-order valence-corrected chi connectivity index (χ0v) is 11.3. The fourth-order valence-corrected chi connectivity index (χ4v) is 2.36. The normalized spacial score (nSPS) is 13.3. The Labute approximate surface area is 124 Å². The molecule has 1 nitrogen and oxygen atoms in total. The van der Waals surface area contributed by atoms with Gasteiger partial charge in [0.1, 0.15) is 0 Å². The SMILES string of the molecule is [2H]C([2H])([2H])c1cc(C)c(-c2ccccn2)cc1-c1ccccc1. The number of aromatic nitrogens is 1. The van der Waals surface area contributed by atoms with E-state index in [9.17, 15) is 0 Å². The molecular weight excluding hydrogens is 242 g/mol. The number of hydrogen-bond donors (Lipinski definition) is 0. The van der Waals surface area contributed by atoms with Crippen LogP contribution in [0.5, 0.6) is 0 Å². The predicted molar refractivity (Wildman–Crippen MR) is 84.6 cm³/mol. The first-order valence-corrected chi connectivity index (χ1v) is 6.59. The van der Waals surface area contributed by atoms with E-state index in [-0.39, 0.29) is 0 Å². The van der Waals surface area contributed by atoms with Crippen LogP contribution < -0.4 is 0 Å². The third-order valence-electron chi connectivity index (χ3n) is 3.39. The summed E-state index contributed by atoms with van der Waals surface area (Å²) in [6.07, 6.45) is 1.74. The van der Waals surface area contributed by atoms with Gasteiger partial charge in [-0.3, -0.25) is 4.98 Å². The Hall–Kier alpha value is -2.41. The minimum absolute atomic E-state index is 0.376. The fraction of sp³-hybridized carbons (Fsp3) is 0.105. The number of pyridine rings is 1. The molecule has 0 aliphatic heterocycles. The Morgan fingerprint density at radius 2 is 1.65 bits per heavy atom. The molecule has 0 radical (unpaired) electrons. The summed E-state index contributed by atoms with van der Waals surface area (Å²) in [6, 6.07) is 19.1. The van der Waals surface area contributed by atoms with Crippen molar-refractivity contribution in [1.82, 2.24) is 4.98 Å². The van der Waals surface area contributed by atoms with Crippen LogP contribution in [0, 0.1) is 13.8 Å². The van der Waals surface area contributed by atoms with Crippen LogP contribution in [0.1, 0.15) is 15.2 Å². The van der Waals surface area contributed by atoms with Crippen molar-refractivity contribution in [2.24, 2.45) is 0 Å². The van der Waals surface area contributed by atoms with E-state index < -0.39 is 6.85 Å². The topological polar surface area (TPSA) is 12.9 Å². The van der Waals surface area contributed by atoms with Gasteiger partial charge in [-0.25, -0.2) is 0 Å². The highest BCUT2D eigenvalue weighted by Gasteiger charge is 2.08. The maximum Gasteiger partial charge on any atom is 0.0704 e. The standard InChI is InChI=1S/C19H17N/c1-14-12-15(2)18(19-10-6-7-11-20-19)13-17(14)16-8-4-3-5-9-16/h3-13H,1-2H3/i1D3. The van der Waals surface area contributed by atoms with Crippen molar-refractivity contribution in [3.63, 3.8) is 0 Å². The summed E-state index contributed by atoms with van der Waals surface area (Å²) < 4.78 is 23.6. The van der Waals surface area contributed by atoms with Crippen LogP contribution in [0.3, 0.4) is 0 Å². The van der Waals surface area contributed by atoms with Crippen LogP contribution in [0.2, 0.25) is 0 Å². The summed E-state index contributed by atoms with van der Waals surface area (Å²) in [5.41, 5.74) is 4.72. The lowest BCUT2D eigenvalue weighted by molar-refractivity contribution is 1.29. The lowest BCUT2D eigenvalue weighted by Crippen LogP contribution is -1.91. The molecule has 0 amide bonds. The highest BCUT2D eigenvalue weighted by atomic mass is 14.7. The average Bonchev–Trinajstić information content (AvgIpc) is 2.55. The number of benzene rings is 2. The van der Waals surface area contributed by atoms with Crippen molar-refractivity contribution in [2.75, 3.05) is 0 Å². The van der Waals surface area contributed by atoms with E-state index >= 15 is 0 Å². The molecule has 3 aromatic rings. The molecule has 1 heterocycles. The molecule has 0 bridgehead atoms. The molecule has 98 valence electrons. The Kier molecular flexibility index (Phi) is 2.51. The molecule has 0 saturated carbocycles. The molecule has 20 heavy (non-hydrogen) atoms. The third kappa shape index (κ3) is 2.35. The summed E-state index contributed by atoms with van der Waals surface area (Å²) in [5, 5.41) is 0. The number of nitrogens with zero attached hydrogens (tertiary/aromatic N) is 1. The molecule has 0 spiro atoms. The van der Waals surface area contributed by atoms with Crippen molar-refractivity contribution in [2.45, 2.75) is 13.8 Å². The summed E-state index contributed by atoms with van der Waals surface area (Å²) in [6.45, 7) is -0.230. The molecule has 0 saturated heterocycles. The van der Waals surface area contributed by atoms with E-state index in [0.717, 1.165) is 27.9 Å². The maximum atomic E-state index is 7.85. The first-order chi connectivity index (χ1) is 11.0. The summed E-state index contributed by atoms with van der Waals surface area (Å²) in [5.74, 6) is 0. The van der Waals surface area contributed by atoms with Gasteiger partial charge in [0, 0.05) is 15.9 Å². The molecule has 0 N–H and O–H groups in total. The van der Waals surface area contributed by atoms with Crippen LogP contribution in [-0.4, -0.2) is 4.98 Å². The van der Waals surface area contributed by atoms with Crippen LogP contribution in [0.25, 0.3) is 22.4 Å². The third-order valence-corrected chi connectivity index (χ3v) is 3.39. The molecule has 2 aromatic carbocycles. The van der Waals surface area contributed by atoms with Crippen molar-refractivity contribution >= 4 is 0 Å². The van der Waals surface area contributed by atoms with E-state index in [0.29, 0.717) is 5.56 Å². The lowest BCUT2D eigenvalue weighted by atomic mass is 9.93. The van der Waals surface area contributed by atoms with Crippen LogP contribution in [0.4, 0.5) is 0 Å². The smallest absolute Gasteiger partial charge is 0.0704 e. The molecular formula is C19H17N. The molecule has 1 heteroatoms. The van der Waals surface area contributed by atoms with Gasteiger partial charge in [-0.05, 0) is 54.2 Å².